The number of morpholine rings is 1. The summed E-state index contributed by atoms with van der Waals surface area (Å²) in [6.07, 6.45) is 9.40. The fourth-order valence-corrected chi connectivity index (χ4v) is 6.31. The van der Waals surface area contributed by atoms with Crippen LogP contribution in [0.4, 0.5) is 0 Å². The van der Waals surface area contributed by atoms with Crippen molar-refractivity contribution in [2.75, 3.05) is 26.2 Å². The van der Waals surface area contributed by atoms with Crippen LogP contribution in [0.2, 0.25) is 0 Å². The largest absolute Gasteiger partial charge is 0.374 e. The summed E-state index contributed by atoms with van der Waals surface area (Å²) in [6, 6.07) is 0.730. The highest BCUT2D eigenvalue weighted by Gasteiger charge is 2.54. The minimum atomic E-state index is 0.264. The van der Waals surface area contributed by atoms with Gasteiger partial charge in [-0.1, -0.05) is 0 Å². The van der Waals surface area contributed by atoms with Gasteiger partial charge >= 0.3 is 0 Å². The molecule has 3 nitrogen and oxygen atoms in total. The monoisotopic (exact) mass is 278 g/mol. The Hall–Kier alpha value is -0.120. The average molecular weight is 278 g/mol. The Labute approximate surface area is 123 Å². The predicted octanol–water partition coefficient (Wildman–Crippen LogP) is 2.25. The second-order valence-corrected chi connectivity index (χ2v) is 8.18. The van der Waals surface area contributed by atoms with E-state index in [1.165, 1.54) is 19.3 Å². The maximum Gasteiger partial charge on any atom is 0.0824 e. The number of hydrogen-bond acceptors (Lipinski definition) is 3. The zero-order chi connectivity index (χ0) is 13.7. The number of nitrogens with two attached hydrogens (primary N) is 1. The highest BCUT2D eigenvalue weighted by Crippen LogP contribution is 2.61. The van der Waals surface area contributed by atoms with Crippen LogP contribution in [-0.4, -0.2) is 43.3 Å². The third-order valence-electron chi connectivity index (χ3n) is 6.95. The molecule has 1 aliphatic heterocycles. The third-order valence-corrected chi connectivity index (χ3v) is 6.95. The smallest absolute Gasteiger partial charge is 0.0824 e. The van der Waals surface area contributed by atoms with Crippen LogP contribution in [0.25, 0.3) is 0 Å². The van der Waals surface area contributed by atoms with E-state index in [9.17, 15) is 0 Å². The molecule has 0 aromatic heterocycles. The van der Waals surface area contributed by atoms with E-state index in [1.54, 1.807) is 19.3 Å². The highest BCUT2D eigenvalue weighted by atomic mass is 16.5. The van der Waals surface area contributed by atoms with Gasteiger partial charge in [0.2, 0.25) is 0 Å². The molecule has 2 unspecified atom stereocenters. The highest BCUT2D eigenvalue weighted by molar-refractivity contribution is 5.06. The summed E-state index contributed by atoms with van der Waals surface area (Å²) < 4.78 is 5.76. The van der Waals surface area contributed by atoms with Gasteiger partial charge in [0.1, 0.15) is 0 Å². The fourth-order valence-electron chi connectivity index (χ4n) is 6.31. The Morgan fingerprint density at radius 1 is 1.15 bits per heavy atom. The summed E-state index contributed by atoms with van der Waals surface area (Å²) in [5.74, 6) is 3.15. The molecule has 1 heterocycles. The molecule has 1 saturated heterocycles. The first-order chi connectivity index (χ1) is 9.68. The molecule has 20 heavy (non-hydrogen) atoms. The van der Waals surface area contributed by atoms with Gasteiger partial charge in [-0.05, 0) is 68.6 Å². The molecule has 4 aliphatic carbocycles. The van der Waals surface area contributed by atoms with Crippen molar-refractivity contribution in [1.29, 1.82) is 0 Å². The SMILES string of the molecule is CC(N1CCOC(CN)C1)C12CC3CC(CC(C3)C1)C2. The van der Waals surface area contributed by atoms with Gasteiger partial charge < -0.3 is 10.5 Å². The van der Waals surface area contributed by atoms with Crippen LogP contribution in [0.5, 0.6) is 0 Å². The molecule has 0 spiro atoms. The molecule has 0 aromatic rings. The predicted molar refractivity (Wildman–Crippen MR) is 80.4 cm³/mol. The van der Waals surface area contributed by atoms with Gasteiger partial charge in [-0.3, -0.25) is 4.90 Å². The van der Waals surface area contributed by atoms with E-state index in [4.69, 9.17) is 10.5 Å². The summed E-state index contributed by atoms with van der Waals surface area (Å²) in [4.78, 5) is 2.70. The first-order valence-electron chi connectivity index (χ1n) is 8.74. The summed E-state index contributed by atoms with van der Waals surface area (Å²) >= 11 is 0. The van der Waals surface area contributed by atoms with Crippen LogP contribution in [0.15, 0.2) is 0 Å². The van der Waals surface area contributed by atoms with Gasteiger partial charge in [0.15, 0.2) is 0 Å². The molecule has 0 amide bonds. The molecule has 5 aliphatic rings. The first kappa shape index (κ1) is 13.5. The molecule has 114 valence electrons. The van der Waals surface area contributed by atoms with E-state index >= 15 is 0 Å². The lowest BCUT2D eigenvalue weighted by Gasteiger charge is -2.61. The number of rotatable bonds is 3. The van der Waals surface area contributed by atoms with E-state index < -0.39 is 0 Å². The molecule has 5 fully saturated rings. The van der Waals surface area contributed by atoms with Gasteiger partial charge in [-0.15, -0.1) is 0 Å². The molecular formula is C17H30N2O. The molecule has 0 radical (unpaired) electrons. The topological polar surface area (TPSA) is 38.5 Å². The fraction of sp³-hybridized carbons (Fsp3) is 1.00. The van der Waals surface area contributed by atoms with Crippen molar-refractivity contribution in [2.45, 2.75) is 57.6 Å². The summed E-state index contributed by atoms with van der Waals surface area (Å²) in [7, 11) is 0. The maximum absolute atomic E-state index is 5.82. The molecule has 3 heteroatoms. The minimum Gasteiger partial charge on any atom is -0.374 e. The normalized spacial score (nSPS) is 49.5. The van der Waals surface area contributed by atoms with E-state index in [1.807, 2.05) is 0 Å². The summed E-state index contributed by atoms with van der Waals surface area (Å²) in [6.45, 7) is 6.22. The van der Waals surface area contributed by atoms with Crippen LogP contribution < -0.4 is 5.73 Å². The molecule has 4 bridgehead atoms. The quantitative estimate of drug-likeness (QED) is 0.860. The van der Waals surface area contributed by atoms with Crippen molar-refractivity contribution in [2.24, 2.45) is 28.9 Å². The maximum atomic E-state index is 5.82. The van der Waals surface area contributed by atoms with Crippen molar-refractivity contribution in [3.63, 3.8) is 0 Å². The molecular weight excluding hydrogens is 248 g/mol. The summed E-state index contributed by atoms with van der Waals surface area (Å²) in [5.41, 5.74) is 6.45. The summed E-state index contributed by atoms with van der Waals surface area (Å²) in [5, 5.41) is 0. The van der Waals surface area contributed by atoms with Crippen molar-refractivity contribution < 1.29 is 4.74 Å². The minimum absolute atomic E-state index is 0.264. The Kier molecular flexibility index (Phi) is 3.36. The van der Waals surface area contributed by atoms with Gasteiger partial charge in [-0.2, -0.15) is 0 Å². The van der Waals surface area contributed by atoms with Gasteiger partial charge in [-0.25, -0.2) is 0 Å². The Morgan fingerprint density at radius 2 is 1.75 bits per heavy atom. The molecule has 2 atom stereocenters. The lowest BCUT2D eigenvalue weighted by atomic mass is 9.47. The van der Waals surface area contributed by atoms with Crippen molar-refractivity contribution in [3.05, 3.63) is 0 Å². The van der Waals surface area contributed by atoms with Crippen molar-refractivity contribution in [3.8, 4) is 0 Å². The van der Waals surface area contributed by atoms with Crippen LogP contribution in [0.3, 0.4) is 0 Å². The van der Waals surface area contributed by atoms with E-state index in [0.29, 0.717) is 12.0 Å². The van der Waals surface area contributed by atoms with Crippen molar-refractivity contribution >= 4 is 0 Å². The zero-order valence-electron chi connectivity index (χ0n) is 12.9. The lowest BCUT2D eigenvalue weighted by Crippen LogP contribution is -2.59. The van der Waals surface area contributed by atoms with Gasteiger partial charge in [0, 0.05) is 25.7 Å². The average Bonchev–Trinajstić information content (AvgIpc) is 2.45. The van der Waals surface area contributed by atoms with Crippen LogP contribution in [0, 0.1) is 23.2 Å². The van der Waals surface area contributed by atoms with Crippen LogP contribution in [-0.2, 0) is 4.74 Å². The molecule has 4 saturated carbocycles. The Balaban J connectivity index is 1.51. The van der Waals surface area contributed by atoms with E-state index in [2.05, 4.69) is 11.8 Å². The number of nitrogens with zero attached hydrogens (tertiary/aromatic N) is 1. The van der Waals surface area contributed by atoms with Gasteiger partial charge in [0.05, 0.1) is 12.7 Å². The Morgan fingerprint density at radius 3 is 2.30 bits per heavy atom. The molecule has 2 N–H and O–H groups in total. The molecule has 5 rings (SSSR count). The standard InChI is InChI=1S/C17H30N2O/c1-12(19-2-3-20-16(10-18)11-19)17-7-13-4-14(8-17)6-15(5-13)9-17/h12-16H,2-11,18H2,1H3. The van der Waals surface area contributed by atoms with E-state index in [0.717, 1.165) is 43.5 Å². The van der Waals surface area contributed by atoms with E-state index in [-0.39, 0.29) is 6.10 Å². The molecule has 0 aromatic carbocycles. The Bertz CT molecular complexity index is 335. The number of hydrogen-bond donors (Lipinski definition) is 1. The first-order valence-corrected chi connectivity index (χ1v) is 8.74. The lowest BCUT2D eigenvalue weighted by molar-refractivity contribution is -0.121. The zero-order valence-corrected chi connectivity index (χ0v) is 12.9. The second kappa shape index (κ2) is 4.96. The second-order valence-electron chi connectivity index (χ2n) is 8.18. The van der Waals surface area contributed by atoms with Crippen LogP contribution >= 0.6 is 0 Å². The van der Waals surface area contributed by atoms with Crippen LogP contribution in [0.1, 0.15) is 45.4 Å². The van der Waals surface area contributed by atoms with Crippen molar-refractivity contribution in [1.82, 2.24) is 4.90 Å². The third kappa shape index (κ3) is 2.13. The van der Waals surface area contributed by atoms with Gasteiger partial charge in [0.25, 0.3) is 0 Å². The number of ether oxygens (including phenoxy) is 1.